The molecule has 0 heterocycles. The van der Waals surface area contributed by atoms with E-state index in [4.69, 9.17) is 14.2 Å². The largest absolute Gasteiger partial charge is 0.462 e. The first kappa shape index (κ1) is 72.6. The summed E-state index contributed by atoms with van der Waals surface area (Å²) >= 11 is 0. The molecule has 0 spiro atoms. The van der Waals surface area contributed by atoms with Gasteiger partial charge in [-0.05, 0) is 96.3 Å². The zero-order chi connectivity index (χ0) is 55.0. The van der Waals surface area contributed by atoms with Crippen molar-refractivity contribution in [3.8, 4) is 0 Å². The van der Waals surface area contributed by atoms with Crippen LogP contribution < -0.4 is 0 Å². The van der Waals surface area contributed by atoms with Crippen molar-refractivity contribution < 1.29 is 28.6 Å². The van der Waals surface area contributed by atoms with Crippen molar-refractivity contribution in [1.82, 2.24) is 0 Å². The molecule has 438 valence electrons. The molecule has 0 amide bonds. The second-order valence-electron chi connectivity index (χ2n) is 21.6. The van der Waals surface area contributed by atoms with Gasteiger partial charge in [0.1, 0.15) is 13.2 Å². The first-order chi connectivity index (χ1) is 37.5. The normalized spacial score (nSPS) is 12.6. The summed E-state index contributed by atoms with van der Waals surface area (Å²) in [7, 11) is 0. The summed E-state index contributed by atoms with van der Waals surface area (Å²) < 4.78 is 16.9. The first-order valence-corrected chi connectivity index (χ1v) is 32.6. The number of hydrogen-bond acceptors (Lipinski definition) is 6. The van der Waals surface area contributed by atoms with E-state index in [1.165, 1.54) is 186 Å². The van der Waals surface area contributed by atoms with Gasteiger partial charge in [0.15, 0.2) is 6.10 Å². The van der Waals surface area contributed by atoms with Gasteiger partial charge in [0.05, 0.1) is 0 Å². The Morgan fingerprint density at radius 3 is 0.803 bits per heavy atom. The topological polar surface area (TPSA) is 78.9 Å². The molecule has 0 aliphatic carbocycles. The Morgan fingerprint density at radius 1 is 0.276 bits per heavy atom. The summed E-state index contributed by atoms with van der Waals surface area (Å²) in [6, 6.07) is 0. The Morgan fingerprint density at radius 2 is 0.513 bits per heavy atom. The van der Waals surface area contributed by atoms with Gasteiger partial charge in [-0.3, -0.25) is 14.4 Å². The van der Waals surface area contributed by atoms with Gasteiger partial charge < -0.3 is 14.2 Å². The Labute approximate surface area is 471 Å². The fourth-order valence-electron chi connectivity index (χ4n) is 9.27. The standard InChI is InChI=1S/C70H122O6/c1-4-7-10-13-16-19-22-24-26-28-30-32-33-34-35-36-37-39-40-42-44-46-48-51-54-57-60-63-69(72)75-66-67(65-74-68(71)62-59-56-53-50-21-18-15-12-9-6-3)76-70(73)64-61-58-55-52-49-47-45-43-41-38-31-29-27-25-23-20-17-14-11-8-5-2/h7,10,16,19,23-26,29-32,34-35,67H,4-6,8-9,11-15,17-18,20-22,27-28,33,36-66H2,1-3H3/b10-7-,19-16-,25-23-,26-24-,31-29-,32-30-,35-34-. The van der Waals surface area contributed by atoms with Crippen LogP contribution in [0.25, 0.3) is 0 Å². The van der Waals surface area contributed by atoms with Crippen molar-refractivity contribution in [2.45, 2.75) is 329 Å². The highest BCUT2D eigenvalue weighted by Crippen LogP contribution is 2.16. The van der Waals surface area contributed by atoms with E-state index in [9.17, 15) is 14.4 Å². The van der Waals surface area contributed by atoms with E-state index in [0.717, 1.165) is 96.3 Å². The third kappa shape index (κ3) is 61.4. The van der Waals surface area contributed by atoms with Gasteiger partial charge in [0.2, 0.25) is 0 Å². The smallest absolute Gasteiger partial charge is 0.306 e. The van der Waals surface area contributed by atoms with Gasteiger partial charge >= 0.3 is 17.9 Å². The van der Waals surface area contributed by atoms with Crippen molar-refractivity contribution in [2.24, 2.45) is 0 Å². The Hall–Kier alpha value is -3.41. The van der Waals surface area contributed by atoms with Crippen molar-refractivity contribution in [3.05, 3.63) is 85.1 Å². The monoisotopic (exact) mass is 1060 g/mol. The number of carbonyl (C=O) groups excluding carboxylic acids is 3. The van der Waals surface area contributed by atoms with Gasteiger partial charge in [-0.2, -0.15) is 0 Å². The molecule has 0 rings (SSSR count). The van der Waals surface area contributed by atoms with E-state index in [0.29, 0.717) is 19.3 Å². The predicted molar refractivity (Wildman–Crippen MR) is 330 cm³/mol. The Bertz CT molecular complexity index is 1450. The maximum atomic E-state index is 12.9. The highest BCUT2D eigenvalue weighted by molar-refractivity contribution is 5.71. The van der Waals surface area contributed by atoms with Crippen LogP contribution in [0.1, 0.15) is 323 Å². The maximum Gasteiger partial charge on any atom is 0.306 e. The van der Waals surface area contributed by atoms with Gasteiger partial charge in [0.25, 0.3) is 0 Å². The summed E-state index contributed by atoms with van der Waals surface area (Å²) in [5.41, 5.74) is 0. The van der Waals surface area contributed by atoms with E-state index >= 15 is 0 Å². The molecule has 0 saturated carbocycles. The number of ether oxygens (including phenoxy) is 3. The van der Waals surface area contributed by atoms with E-state index < -0.39 is 6.10 Å². The molecular formula is C70H122O6. The molecule has 0 radical (unpaired) electrons. The average molecular weight is 1060 g/mol. The van der Waals surface area contributed by atoms with E-state index in [1.54, 1.807) is 0 Å². The fourth-order valence-corrected chi connectivity index (χ4v) is 9.27. The molecule has 1 unspecified atom stereocenters. The highest BCUT2D eigenvalue weighted by atomic mass is 16.6. The molecule has 0 aromatic heterocycles. The molecule has 0 N–H and O–H groups in total. The molecule has 0 aromatic carbocycles. The van der Waals surface area contributed by atoms with E-state index in [-0.39, 0.29) is 31.1 Å². The minimum Gasteiger partial charge on any atom is -0.462 e. The van der Waals surface area contributed by atoms with Crippen molar-refractivity contribution in [3.63, 3.8) is 0 Å². The molecule has 1 atom stereocenters. The molecule has 0 saturated heterocycles. The van der Waals surface area contributed by atoms with Crippen LogP contribution in [0.15, 0.2) is 85.1 Å². The van der Waals surface area contributed by atoms with E-state index in [1.807, 2.05) is 0 Å². The Balaban J connectivity index is 4.23. The van der Waals surface area contributed by atoms with Crippen LogP contribution in [0, 0.1) is 0 Å². The second-order valence-corrected chi connectivity index (χ2v) is 21.6. The molecule has 0 bridgehead atoms. The van der Waals surface area contributed by atoms with Crippen molar-refractivity contribution in [1.29, 1.82) is 0 Å². The molecule has 0 aliphatic rings. The number of allylic oxidation sites excluding steroid dienone is 14. The van der Waals surface area contributed by atoms with Crippen LogP contribution >= 0.6 is 0 Å². The summed E-state index contributed by atoms with van der Waals surface area (Å²) in [5.74, 6) is -0.872. The number of unbranched alkanes of at least 4 members (excludes halogenated alkanes) is 34. The van der Waals surface area contributed by atoms with Crippen LogP contribution in [-0.2, 0) is 28.6 Å². The molecule has 0 aromatic rings. The minimum absolute atomic E-state index is 0.0757. The zero-order valence-corrected chi connectivity index (χ0v) is 50.3. The number of carbonyl (C=O) groups is 3. The minimum atomic E-state index is -0.778. The molecule has 6 nitrogen and oxygen atoms in total. The summed E-state index contributed by atoms with van der Waals surface area (Å²) in [5, 5.41) is 0. The summed E-state index contributed by atoms with van der Waals surface area (Å²) in [6.07, 6.45) is 84.5. The van der Waals surface area contributed by atoms with Crippen molar-refractivity contribution >= 4 is 17.9 Å². The highest BCUT2D eigenvalue weighted by Gasteiger charge is 2.19. The number of hydrogen-bond donors (Lipinski definition) is 0. The molecule has 0 aliphatic heterocycles. The lowest BCUT2D eigenvalue weighted by Gasteiger charge is -2.18. The van der Waals surface area contributed by atoms with E-state index in [2.05, 4.69) is 106 Å². The van der Waals surface area contributed by atoms with Gasteiger partial charge in [-0.15, -0.1) is 0 Å². The summed E-state index contributed by atoms with van der Waals surface area (Å²) in [6.45, 7) is 6.53. The third-order valence-electron chi connectivity index (χ3n) is 14.1. The van der Waals surface area contributed by atoms with Crippen LogP contribution in [0.3, 0.4) is 0 Å². The van der Waals surface area contributed by atoms with Crippen molar-refractivity contribution in [2.75, 3.05) is 13.2 Å². The molecular weight excluding hydrogens is 937 g/mol. The predicted octanol–water partition coefficient (Wildman–Crippen LogP) is 22.3. The van der Waals surface area contributed by atoms with Crippen LogP contribution in [0.5, 0.6) is 0 Å². The SMILES string of the molecule is CC/C=C\C/C=C\C/C=C\C/C=C\C/C=C\CCCCCCCCCCCCCC(=O)OCC(COC(=O)CCCCCCCCCCCC)OC(=O)CCCCCCCCCCC/C=C\C/C=C\CCCCCCC. The van der Waals surface area contributed by atoms with Gasteiger partial charge in [-0.25, -0.2) is 0 Å². The third-order valence-corrected chi connectivity index (χ3v) is 14.1. The summed E-state index contributed by atoms with van der Waals surface area (Å²) in [4.78, 5) is 38.3. The van der Waals surface area contributed by atoms with Gasteiger partial charge in [-0.1, -0.05) is 292 Å². The molecule has 6 heteroatoms. The number of esters is 3. The fraction of sp³-hybridized carbons (Fsp3) is 0.757. The lowest BCUT2D eigenvalue weighted by molar-refractivity contribution is -0.167. The molecule has 76 heavy (non-hydrogen) atoms. The number of rotatable bonds is 59. The van der Waals surface area contributed by atoms with Crippen LogP contribution in [-0.4, -0.2) is 37.2 Å². The van der Waals surface area contributed by atoms with Crippen LogP contribution in [0.4, 0.5) is 0 Å². The lowest BCUT2D eigenvalue weighted by Crippen LogP contribution is -2.30. The van der Waals surface area contributed by atoms with Gasteiger partial charge in [0, 0.05) is 19.3 Å². The zero-order valence-electron chi connectivity index (χ0n) is 50.3. The maximum absolute atomic E-state index is 12.9. The lowest BCUT2D eigenvalue weighted by atomic mass is 10.0. The second kappa shape index (κ2) is 64.1. The average Bonchev–Trinajstić information content (AvgIpc) is 3.42. The Kier molecular flexibility index (Phi) is 61.2. The quantitative estimate of drug-likeness (QED) is 0.0261. The molecule has 0 fully saturated rings. The van der Waals surface area contributed by atoms with Crippen LogP contribution in [0.2, 0.25) is 0 Å². The first-order valence-electron chi connectivity index (χ1n) is 32.6.